The van der Waals surface area contributed by atoms with Crippen molar-refractivity contribution < 1.29 is 19.7 Å². The van der Waals surface area contributed by atoms with Crippen molar-refractivity contribution in [2.24, 2.45) is 0 Å². The fourth-order valence-corrected chi connectivity index (χ4v) is 2.60. The zero-order valence-corrected chi connectivity index (χ0v) is 15.1. The summed E-state index contributed by atoms with van der Waals surface area (Å²) in [5, 5.41) is 23.0. The number of amides is 1. The maximum Gasteiger partial charge on any atom is 0.248 e. The predicted molar refractivity (Wildman–Crippen MR) is 100 cm³/mol. The van der Waals surface area contributed by atoms with Gasteiger partial charge in [-0.15, -0.1) is 0 Å². The number of halogens is 1. The molecule has 132 valence electrons. The van der Waals surface area contributed by atoms with E-state index in [1.54, 1.807) is 36.4 Å². The van der Waals surface area contributed by atoms with Gasteiger partial charge in [-0.05, 0) is 36.4 Å². The first-order valence-electron chi connectivity index (χ1n) is 7.45. The van der Waals surface area contributed by atoms with Crippen LogP contribution in [0.3, 0.4) is 0 Å². The van der Waals surface area contributed by atoms with Crippen LogP contribution in [-0.4, -0.2) is 29.3 Å². The number of benzene rings is 2. The highest BCUT2D eigenvalue weighted by Crippen LogP contribution is 2.30. The molecule has 2 aromatic rings. The Bertz CT molecular complexity index is 779. The van der Waals surface area contributed by atoms with E-state index in [0.29, 0.717) is 21.4 Å². The topological polar surface area (TPSA) is 105 Å². The van der Waals surface area contributed by atoms with Crippen LogP contribution < -0.4 is 11.1 Å². The van der Waals surface area contributed by atoms with Crippen LogP contribution in [0.25, 0.3) is 0 Å². The first-order valence-corrected chi connectivity index (χ1v) is 8.24. The molecule has 1 amide bonds. The van der Waals surface area contributed by atoms with Crippen LogP contribution in [0.1, 0.15) is 11.7 Å². The average Bonchev–Trinajstić information content (AvgIpc) is 2.59. The maximum absolute atomic E-state index is 12.0. The number of methoxy groups -OCH3 is 1. The number of aliphatic hydroxyl groups is 1. The SMILES string of the molecule is CO[C@H](/C=C/C(=O)Nc1ccccc1N)[C@H](O)c1cc(Br)ccc1O. The molecule has 0 radical (unpaired) electrons. The summed E-state index contributed by atoms with van der Waals surface area (Å²) in [4.78, 5) is 12.0. The number of carbonyl (C=O) groups is 1. The first kappa shape index (κ1) is 19.0. The van der Waals surface area contributed by atoms with Crippen molar-refractivity contribution in [3.8, 4) is 5.75 Å². The van der Waals surface area contributed by atoms with Gasteiger partial charge in [0.2, 0.25) is 5.91 Å². The number of anilines is 2. The molecule has 0 aliphatic rings. The molecule has 0 fully saturated rings. The van der Waals surface area contributed by atoms with E-state index in [0.717, 1.165) is 0 Å². The quantitative estimate of drug-likeness (QED) is 0.435. The number of phenols is 1. The van der Waals surface area contributed by atoms with Gasteiger partial charge in [0, 0.05) is 23.2 Å². The highest BCUT2D eigenvalue weighted by molar-refractivity contribution is 9.10. The lowest BCUT2D eigenvalue weighted by atomic mass is 10.0. The number of ether oxygens (including phenoxy) is 1. The molecule has 5 N–H and O–H groups in total. The van der Waals surface area contributed by atoms with Gasteiger partial charge in [0.25, 0.3) is 0 Å². The van der Waals surface area contributed by atoms with Crippen molar-refractivity contribution in [3.05, 3.63) is 64.7 Å². The van der Waals surface area contributed by atoms with Gasteiger partial charge < -0.3 is 26.0 Å². The van der Waals surface area contributed by atoms with Gasteiger partial charge in [-0.2, -0.15) is 0 Å². The Morgan fingerprint density at radius 1 is 1.32 bits per heavy atom. The molecule has 2 aromatic carbocycles. The number of aromatic hydroxyl groups is 1. The minimum absolute atomic E-state index is 0.0624. The molecule has 0 heterocycles. The van der Waals surface area contributed by atoms with Crippen LogP contribution in [0.2, 0.25) is 0 Å². The van der Waals surface area contributed by atoms with E-state index < -0.39 is 18.1 Å². The molecule has 0 bridgehead atoms. The van der Waals surface area contributed by atoms with Gasteiger partial charge in [-0.1, -0.05) is 28.1 Å². The van der Waals surface area contributed by atoms with E-state index in [1.807, 2.05) is 0 Å². The molecule has 6 nitrogen and oxygen atoms in total. The second-order valence-corrected chi connectivity index (χ2v) is 6.20. The van der Waals surface area contributed by atoms with E-state index in [-0.39, 0.29) is 5.75 Å². The second-order valence-electron chi connectivity index (χ2n) is 5.28. The minimum atomic E-state index is -1.15. The van der Waals surface area contributed by atoms with Crippen LogP contribution in [0, 0.1) is 0 Å². The van der Waals surface area contributed by atoms with Crippen molar-refractivity contribution in [2.75, 3.05) is 18.2 Å². The summed E-state index contributed by atoms with van der Waals surface area (Å²) in [7, 11) is 1.40. The largest absolute Gasteiger partial charge is 0.508 e. The maximum atomic E-state index is 12.0. The third kappa shape index (κ3) is 5.06. The molecule has 2 rings (SSSR count). The van der Waals surface area contributed by atoms with Crippen LogP contribution in [0.4, 0.5) is 11.4 Å². The highest BCUT2D eigenvalue weighted by atomic mass is 79.9. The molecule has 0 spiro atoms. The first-order chi connectivity index (χ1) is 11.9. The van der Waals surface area contributed by atoms with Crippen molar-refractivity contribution in [3.63, 3.8) is 0 Å². The number of nitrogen functional groups attached to an aromatic ring is 1. The summed E-state index contributed by atoms with van der Waals surface area (Å²) in [6.07, 6.45) is 0.700. The summed E-state index contributed by atoms with van der Waals surface area (Å²) in [6.45, 7) is 0. The summed E-state index contributed by atoms with van der Waals surface area (Å²) < 4.78 is 5.92. The number of hydrogen-bond donors (Lipinski definition) is 4. The fourth-order valence-electron chi connectivity index (χ4n) is 2.22. The van der Waals surface area contributed by atoms with Gasteiger partial charge in [-0.25, -0.2) is 0 Å². The van der Waals surface area contributed by atoms with Gasteiger partial charge in [0.05, 0.1) is 11.4 Å². The monoisotopic (exact) mass is 406 g/mol. The Labute approximate surface area is 154 Å². The Hall–Kier alpha value is -2.35. The van der Waals surface area contributed by atoms with E-state index in [4.69, 9.17) is 10.5 Å². The van der Waals surface area contributed by atoms with Crippen LogP contribution in [0.5, 0.6) is 5.75 Å². The van der Waals surface area contributed by atoms with Crippen molar-refractivity contribution in [1.29, 1.82) is 0 Å². The number of para-hydroxylation sites is 2. The molecule has 25 heavy (non-hydrogen) atoms. The molecule has 0 aliphatic carbocycles. The molecular weight excluding hydrogens is 388 g/mol. The lowest BCUT2D eigenvalue weighted by molar-refractivity contribution is -0.112. The zero-order chi connectivity index (χ0) is 18.4. The lowest BCUT2D eigenvalue weighted by Gasteiger charge is -2.20. The Morgan fingerprint density at radius 3 is 2.72 bits per heavy atom. The molecule has 2 atom stereocenters. The van der Waals surface area contributed by atoms with Gasteiger partial charge in [0.1, 0.15) is 18.0 Å². The molecule has 0 saturated heterocycles. The minimum Gasteiger partial charge on any atom is -0.508 e. The number of aliphatic hydroxyl groups excluding tert-OH is 1. The standard InChI is InChI=1S/C18H19BrN2O4/c1-25-16(18(24)12-10-11(19)6-7-15(12)22)8-9-17(23)21-14-5-3-2-4-13(14)20/h2-10,16,18,22,24H,20H2,1H3,(H,21,23)/b9-8+/t16-,18-/m1/s1. The smallest absolute Gasteiger partial charge is 0.248 e. The Balaban J connectivity index is 2.10. The van der Waals surface area contributed by atoms with Crippen LogP contribution in [-0.2, 0) is 9.53 Å². The normalized spacial score (nSPS) is 13.6. The van der Waals surface area contributed by atoms with E-state index >= 15 is 0 Å². The number of nitrogens with one attached hydrogen (secondary N) is 1. The van der Waals surface area contributed by atoms with Crippen LogP contribution >= 0.6 is 15.9 Å². The number of phenolic OH excluding ortho intramolecular Hbond substituents is 1. The molecular formula is C18H19BrN2O4. The Kier molecular flexibility index (Phi) is 6.58. The molecule has 0 aromatic heterocycles. The molecule has 0 aliphatic heterocycles. The Morgan fingerprint density at radius 2 is 2.04 bits per heavy atom. The highest BCUT2D eigenvalue weighted by Gasteiger charge is 2.21. The van der Waals surface area contributed by atoms with Gasteiger partial charge >= 0.3 is 0 Å². The third-order valence-electron chi connectivity index (χ3n) is 3.55. The fraction of sp³-hybridized carbons (Fsp3) is 0.167. The summed E-state index contributed by atoms with van der Waals surface area (Å²) in [6, 6.07) is 11.6. The zero-order valence-electron chi connectivity index (χ0n) is 13.5. The molecule has 7 heteroatoms. The van der Waals surface area contributed by atoms with Crippen molar-refractivity contribution >= 4 is 33.2 Å². The van der Waals surface area contributed by atoms with Gasteiger partial charge in [-0.3, -0.25) is 4.79 Å². The number of rotatable bonds is 6. The number of hydrogen-bond acceptors (Lipinski definition) is 5. The predicted octanol–water partition coefficient (Wildman–Crippen LogP) is 2.98. The average molecular weight is 407 g/mol. The second kappa shape index (κ2) is 8.66. The van der Waals surface area contributed by atoms with Gasteiger partial charge in [0.15, 0.2) is 0 Å². The molecule has 0 unspecified atom stereocenters. The van der Waals surface area contributed by atoms with Crippen molar-refractivity contribution in [1.82, 2.24) is 0 Å². The summed E-state index contributed by atoms with van der Waals surface area (Å²) in [5.74, 6) is -0.474. The van der Waals surface area contributed by atoms with E-state index in [2.05, 4.69) is 21.2 Å². The number of carbonyl (C=O) groups excluding carboxylic acids is 1. The third-order valence-corrected chi connectivity index (χ3v) is 4.04. The lowest BCUT2D eigenvalue weighted by Crippen LogP contribution is -2.20. The summed E-state index contributed by atoms with van der Waals surface area (Å²) in [5.41, 5.74) is 7.01. The van der Waals surface area contributed by atoms with E-state index in [9.17, 15) is 15.0 Å². The molecule has 0 saturated carbocycles. The number of nitrogens with two attached hydrogens (primary N) is 1. The van der Waals surface area contributed by atoms with E-state index in [1.165, 1.54) is 25.3 Å². The van der Waals surface area contributed by atoms with Crippen molar-refractivity contribution in [2.45, 2.75) is 12.2 Å². The summed E-state index contributed by atoms with van der Waals surface area (Å²) >= 11 is 3.28. The van der Waals surface area contributed by atoms with Crippen LogP contribution in [0.15, 0.2) is 59.1 Å².